The number of benzene rings is 2. The summed E-state index contributed by atoms with van der Waals surface area (Å²) in [6.07, 6.45) is -7.71. The molecule has 0 amide bonds. The fourth-order valence-corrected chi connectivity index (χ4v) is 6.87. The van der Waals surface area contributed by atoms with Crippen LogP contribution in [0.4, 0.5) is 51.1 Å². The van der Waals surface area contributed by atoms with Crippen molar-refractivity contribution in [1.82, 2.24) is 9.97 Å². The molecule has 7 nitrogen and oxygen atoms in total. The van der Waals surface area contributed by atoms with Gasteiger partial charge in [-0.2, -0.15) is 51.3 Å². The van der Waals surface area contributed by atoms with Crippen molar-refractivity contribution < 1.29 is 54.2 Å². The Morgan fingerprint density at radius 1 is 0.906 bits per heavy atom. The van der Waals surface area contributed by atoms with Crippen molar-refractivity contribution in [2.24, 2.45) is 11.8 Å². The lowest BCUT2D eigenvalue weighted by Crippen LogP contribution is -2.34. The molecule has 0 saturated heterocycles. The molecular weight excluding hydrogens is 739 g/mol. The number of carboxylic acid groups (broad SMARTS) is 1. The molecule has 3 aromatic rings. The minimum absolute atomic E-state index is 0.0234. The van der Waals surface area contributed by atoms with Crippen LogP contribution in [0, 0.1) is 11.8 Å². The van der Waals surface area contributed by atoms with Crippen molar-refractivity contribution in [3.05, 3.63) is 76.6 Å². The number of aromatic nitrogens is 2. The summed E-state index contributed by atoms with van der Waals surface area (Å²) in [6, 6.07) is 2.63. The summed E-state index contributed by atoms with van der Waals surface area (Å²) in [5.41, 5.74) is -4.09. The van der Waals surface area contributed by atoms with E-state index in [-0.39, 0.29) is 42.1 Å². The van der Waals surface area contributed by atoms with Gasteiger partial charge in [-0.15, -0.1) is 0 Å². The zero-order chi connectivity index (χ0) is 39.1. The first-order valence-electron chi connectivity index (χ1n) is 17.0. The summed E-state index contributed by atoms with van der Waals surface area (Å²) in [6.45, 7) is 3.54. The van der Waals surface area contributed by atoms with Gasteiger partial charge in [-0.3, -0.25) is 4.79 Å². The molecule has 2 aromatic carbocycles. The number of aliphatic carboxylic acids is 1. The second-order valence-corrected chi connectivity index (χ2v) is 14.0. The molecule has 1 atom stereocenters. The zero-order valence-corrected chi connectivity index (χ0v) is 30.1. The summed E-state index contributed by atoms with van der Waals surface area (Å²) in [4.78, 5) is 22.7. The summed E-state index contributed by atoms with van der Waals surface area (Å²) in [5.74, 6) is -0.187. The molecule has 1 saturated carbocycles. The largest absolute Gasteiger partial charge is 0.489 e. The van der Waals surface area contributed by atoms with Gasteiger partial charge in [0.2, 0.25) is 5.95 Å². The number of carbonyl (C=O) groups is 1. The van der Waals surface area contributed by atoms with E-state index in [1.54, 1.807) is 6.92 Å². The third-order valence-corrected chi connectivity index (χ3v) is 9.98. The minimum atomic E-state index is -5.07. The van der Waals surface area contributed by atoms with Crippen LogP contribution in [0.25, 0.3) is 0 Å². The molecule has 0 bridgehead atoms. The molecule has 1 fully saturated rings. The molecule has 1 aromatic heterocycles. The van der Waals surface area contributed by atoms with Gasteiger partial charge in [0.05, 0.1) is 41.7 Å². The molecule has 0 aliphatic heterocycles. The highest BCUT2D eigenvalue weighted by Crippen LogP contribution is 2.42. The van der Waals surface area contributed by atoms with Crippen LogP contribution in [-0.2, 0) is 29.9 Å². The van der Waals surface area contributed by atoms with Crippen LogP contribution in [0.5, 0.6) is 5.75 Å². The second kappa shape index (κ2) is 17.5. The number of carboxylic acids is 1. The molecule has 0 radical (unpaired) electrons. The highest BCUT2D eigenvalue weighted by atomic mass is 32.2. The molecule has 53 heavy (non-hydrogen) atoms. The Morgan fingerprint density at radius 3 is 2.04 bits per heavy atom. The van der Waals surface area contributed by atoms with Gasteiger partial charge in [0.1, 0.15) is 0 Å². The molecule has 1 heterocycles. The fraction of sp³-hybridized carbons (Fsp3) is 0.528. The Hall–Kier alpha value is -3.89. The van der Waals surface area contributed by atoms with Crippen LogP contribution < -0.4 is 14.5 Å². The van der Waals surface area contributed by atoms with E-state index in [2.05, 4.69) is 9.97 Å². The van der Waals surface area contributed by atoms with Gasteiger partial charge < -0.3 is 19.6 Å². The average molecular weight is 781 g/mol. The van der Waals surface area contributed by atoms with Gasteiger partial charge in [-0.1, -0.05) is 0 Å². The van der Waals surface area contributed by atoms with E-state index in [1.165, 1.54) is 37.1 Å². The normalized spacial score (nSPS) is 17.4. The third-order valence-electron chi connectivity index (χ3n) is 9.41. The number of hydrogen-bond acceptors (Lipinski definition) is 7. The van der Waals surface area contributed by atoms with Crippen LogP contribution in [0.3, 0.4) is 0 Å². The van der Waals surface area contributed by atoms with Crippen LogP contribution in [0.1, 0.15) is 79.8 Å². The number of alkyl halides is 9. The SMILES string of the molecule is CCN(CC1CCC(CC(=O)O)CC1)c1ccc(C(F)(F)F)cc1CN(c1ncc(OCCSC)cn1)C(C)c1cc(C(F)(F)F)ccc1C(F)(F)F. The Kier molecular flexibility index (Phi) is 13.8. The quantitative estimate of drug-likeness (QED) is 0.121. The van der Waals surface area contributed by atoms with Gasteiger partial charge in [0, 0.05) is 37.5 Å². The van der Waals surface area contributed by atoms with Crippen LogP contribution >= 0.6 is 11.8 Å². The van der Waals surface area contributed by atoms with Gasteiger partial charge in [-0.05, 0) is 105 Å². The Bertz CT molecular complexity index is 1660. The molecule has 4 rings (SSSR count). The first kappa shape index (κ1) is 41.9. The highest BCUT2D eigenvalue weighted by Gasteiger charge is 2.40. The summed E-state index contributed by atoms with van der Waals surface area (Å²) in [5, 5.41) is 9.19. The Morgan fingerprint density at radius 2 is 1.49 bits per heavy atom. The lowest BCUT2D eigenvalue weighted by Gasteiger charge is -2.36. The Labute approximate surface area is 305 Å². The van der Waals surface area contributed by atoms with Gasteiger partial charge in [-0.25, -0.2) is 9.97 Å². The molecule has 292 valence electrons. The van der Waals surface area contributed by atoms with E-state index in [0.29, 0.717) is 68.4 Å². The lowest BCUT2D eigenvalue weighted by atomic mass is 9.80. The van der Waals surface area contributed by atoms with Crippen molar-refractivity contribution >= 4 is 29.4 Å². The maximum absolute atomic E-state index is 14.3. The number of nitrogens with zero attached hydrogens (tertiary/aromatic N) is 4. The predicted octanol–water partition coefficient (Wildman–Crippen LogP) is 10.1. The molecule has 0 spiro atoms. The number of hydrogen-bond donors (Lipinski definition) is 1. The van der Waals surface area contributed by atoms with Crippen molar-refractivity contribution in [2.45, 2.75) is 77.1 Å². The number of halogens is 9. The van der Waals surface area contributed by atoms with Crippen LogP contribution in [0.2, 0.25) is 0 Å². The molecule has 17 heteroatoms. The summed E-state index contributed by atoms with van der Waals surface area (Å²) >= 11 is 1.51. The first-order chi connectivity index (χ1) is 24.8. The maximum Gasteiger partial charge on any atom is 0.416 e. The van der Waals surface area contributed by atoms with Crippen molar-refractivity contribution in [1.29, 1.82) is 0 Å². The summed E-state index contributed by atoms with van der Waals surface area (Å²) in [7, 11) is 0. The predicted molar refractivity (Wildman–Crippen MR) is 184 cm³/mol. The van der Waals surface area contributed by atoms with Crippen molar-refractivity contribution in [3.63, 3.8) is 0 Å². The molecule has 1 unspecified atom stereocenters. The number of ether oxygens (including phenoxy) is 1. The smallest absolute Gasteiger partial charge is 0.416 e. The van der Waals surface area contributed by atoms with Crippen molar-refractivity contribution in [2.75, 3.05) is 41.5 Å². The van der Waals surface area contributed by atoms with Gasteiger partial charge in [0.15, 0.2) is 5.75 Å². The highest BCUT2D eigenvalue weighted by molar-refractivity contribution is 7.98. The zero-order valence-electron chi connectivity index (χ0n) is 29.3. The summed E-state index contributed by atoms with van der Waals surface area (Å²) < 4.78 is 132. The van der Waals surface area contributed by atoms with Crippen LogP contribution in [-0.4, -0.2) is 52.7 Å². The van der Waals surface area contributed by atoms with E-state index >= 15 is 0 Å². The maximum atomic E-state index is 14.3. The third kappa shape index (κ3) is 11.3. The molecule has 1 aliphatic carbocycles. The first-order valence-corrected chi connectivity index (χ1v) is 18.4. The van der Waals surface area contributed by atoms with Gasteiger partial charge in [0.25, 0.3) is 0 Å². The van der Waals surface area contributed by atoms with Crippen molar-refractivity contribution in [3.8, 4) is 5.75 Å². The topological polar surface area (TPSA) is 78.8 Å². The Balaban J connectivity index is 1.81. The van der Waals surface area contributed by atoms with Crippen LogP contribution in [0.15, 0.2) is 48.8 Å². The van der Waals surface area contributed by atoms with Gasteiger partial charge >= 0.3 is 24.5 Å². The van der Waals surface area contributed by atoms with E-state index < -0.39 is 59.3 Å². The number of anilines is 2. The second-order valence-electron chi connectivity index (χ2n) is 13.0. The van der Waals surface area contributed by atoms with E-state index in [4.69, 9.17) is 4.74 Å². The minimum Gasteiger partial charge on any atom is -0.489 e. The van der Waals surface area contributed by atoms with E-state index in [1.807, 2.05) is 11.2 Å². The number of thioether (sulfide) groups is 1. The fourth-order valence-electron chi connectivity index (χ4n) is 6.62. The van der Waals surface area contributed by atoms with E-state index in [9.17, 15) is 49.4 Å². The van der Waals surface area contributed by atoms with E-state index in [0.717, 1.165) is 17.0 Å². The molecule has 1 aliphatic rings. The standard InChI is InChI=1S/C36H41F9N4O3S/c1-4-48(20-24-7-5-23(6-8-24)15-32(50)51)31-12-10-26(34(37,38)39)16-25(31)21-49(33-46-18-28(19-47-33)52-13-14-53-3)22(2)29-17-27(35(40,41)42)9-11-30(29)36(43,44)45/h9-12,16-19,22-24H,4-8,13-15,20-21H2,1-3H3,(H,50,51). The molecular formula is C36H41F9N4O3S. The average Bonchev–Trinajstić information content (AvgIpc) is 3.09. The lowest BCUT2D eigenvalue weighted by molar-refractivity contribution is -0.142. The monoisotopic (exact) mass is 780 g/mol. The molecule has 1 N–H and O–H groups in total. The number of rotatable bonds is 15.